The Morgan fingerprint density at radius 3 is 2.05 bits per heavy atom. The predicted octanol–water partition coefficient (Wildman–Crippen LogP) is 5.15. The summed E-state index contributed by atoms with van der Waals surface area (Å²) < 4.78 is 11.4. The Kier molecular flexibility index (Phi) is 4.32. The molecule has 3 aromatic rings. The van der Waals surface area contributed by atoms with Crippen molar-refractivity contribution in [1.29, 1.82) is 0 Å². The van der Waals surface area contributed by atoms with Gasteiger partial charge in [-0.1, -0.05) is 35.9 Å². The molecule has 0 radical (unpaired) electrons. The van der Waals surface area contributed by atoms with E-state index in [2.05, 4.69) is 4.98 Å². The molecule has 5 heteroatoms. The minimum atomic E-state index is 0.488. The quantitative estimate of drug-likeness (QED) is 0.662. The molecular formula is C17H14ClNO2S. The van der Waals surface area contributed by atoms with Crippen molar-refractivity contribution in [3.8, 4) is 33.2 Å². The number of ether oxygens (including phenoxy) is 2. The molecule has 2 aromatic carbocycles. The summed E-state index contributed by atoms with van der Waals surface area (Å²) in [5.41, 5.74) is 2.68. The van der Waals surface area contributed by atoms with Crippen molar-refractivity contribution in [3.63, 3.8) is 0 Å². The van der Waals surface area contributed by atoms with E-state index in [1.165, 1.54) is 11.3 Å². The van der Waals surface area contributed by atoms with Crippen LogP contribution in [0.4, 0.5) is 0 Å². The first-order valence-electron chi connectivity index (χ1n) is 6.67. The van der Waals surface area contributed by atoms with Crippen LogP contribution in [0.2, 0.25) is 4.47 Å². The van der Waals surface area contributed by atoms with Crippen LogP contribution < -0.4 is 9.47 Å². The largest absolute Gasteiger partial charge is 0.496 e. The van der Waals surface area contributed by atoms with Gasteiger partial charge in [0.25, 0.3) is 0 Å². The second kappa shape index (κ2) is 6.38. The molecule has 0 saturated carbocycles. The summed E-state index contributed by atoms with van der Waals surface area (Å²) in [7, 11) is 3.31. The lowest BCUT2D eigenvalue weighted by Crippen LogP contribution is -1.91. The van der Waals surface area contributed by atoms with Crippen LogP contribution in [0.1, 0.15) is 0 Å². The molecule has 3 rings (SSSR count). The highest BCUT2D eigenvalue weighted by atomic mass is 35.5. The molecule has 0 fully saturated rings. The Morgan fingerprint density at radius 2 is 1.41 bits per heavy atom. The van der Waals surface area contributed by atoms with Crippen LogP contribution in [0.15, 0.2) is 48.5 Å². The zero-order valence-corrected chi connectivity index (χ0v) is 13.7. The van der Waals surface area contributed by atoms with E-state index in [0.717, 1.165) is 33.2 Å². The molecule has 0 amide bonds. The summed E-state index contributed by atoms with van der Waals surface area (Å²) in [6.45, 7) is 0. The van der Waals surface area contributed by atoms with Crippen LogP contribution in [-0.2, 0) is 0 Å². The third-order valence-electron chi connectivity index (χ3n) is 3.31. The fourth-order valence-corrected chi connectivity index (χ4v) is 3.48. The smallest absolute Gasteiger partial charge is 0.184 e. The van der Waals surface area contributed by atoms with Gasteiger partial charge >= 0.3 is 0 Å². The van der Waals surface area contributed by atoms with Crippen molar-refractivity contribution < 1.29 is 9.47 Å². The van der Waals surface area contributed by atoms with E-state index in [9.17, 15) is 0 Å². The first kappa shape index (κ1) is 14.9. The highest BCUT2D eigenvalue weighted by Gasteiger charge is 2.19. The van der Waals surface area contributed by atoms with Gasteiger partial charge in [-0.05, 0) is 24.3 Å². The average molecular weight is 332 g/mol. The van der Waals surface area contributed by atoms with Gasteiger partial charge in [0.1, 0.15) is 11.5 Å². The fraction of sp³-hybridized carbons (Fsp3) is 0.118. The summed E-state index contributed by atoms with van der Waals surface area (Å²) in [6, 6.07) is 15.6. The zero-order valence-electron chi connectivity index (χ0n) is 12.2. The minimum absolute atomic E-state index is 0.488. The van der Waals surface area contributed by atoms with Crippen LogP contribution >= 0.6 is 22.9 Å². The van der Waals surface area contributed by atoms with E-state index < -0.39 is 0 Å². The maximum Gasteiger partial charge on any atom is 0.184 e. The van der Waals surface area contributed by atoms with Crippen molar-refractivity contribution in [2.45, 2.75) is 0 Å². The van der Waals surface area contributed by atoms with E-state index in [4.69, 9.17) is 21.1 Å². The summed E-state index contributed by atoms with van der Waals surface area (Å²) in [5, 5.41) is 0. The maximum absolute atomic E-state index is 6.18. The Hall–Kier alpha value is -2.04. The van der Waals surface area contributed by atoms with Crippen LogP contribution in [-0.4, -0.2) is 19.2 Å². The standard InChI is InChI=1S/C17H14ClNO2S/c1-20-13-9-5-3-7-11(13)15-16(22-17(18)19-15)12-8-4-6-10-14(12)21-2/h3-10H,1-2H3. The molecule has 0 saturated heterocycles. The second-order valence-electron chi connectivity index (χ2n) is 4.55. The molecule has 0 aliphatic carbocycles. The van der Waals surface area contributed by atoms with Crippen molar-refractivity contribution in [2.24, 2.45) is 0 Å². The number of benzene rings is 2. The topological polar surface area (TPSA) is 31.4 Å². The SMILES string of the molecule is COc1ccccc1-c1nc(Cl)sc1-c1ccccc1OC. The van der Waals surface area contributed by atoms with Crippen molar-refractivity contribution >= 4 is 22.9 Å². The molecule has 0 spiro atoms. The number of halogens is 1. The van der Waals surface area contributed by atoms with Crippen LogP contribution in [0.3, 0.4) is 0 Å². The third kappa shape index (κ3) is 2.67. The monoisotopic (exact) mass is 331 g/mol. The molecule has 1 aromatic heterocycles. The maximum atomic E-state index is 6.18. The zero-order chi connectivity index (χ0) is 15.5. The van der Waals surface area contributed by atoms with Crippen LogP contribution in [0, 0.1) is 0 Å². The summed E-state index contributed by atoms with van der Waals surface area (Å²) >= 11 is 7.61. The van der Waals surface area contributed by atoms with Crippen LogP contribution in [0.25, 0.3) is 21.7 Å². The number of rotatable bonds is 4. The van der Waals surface area contributed by atoms with Crippen molar-refractivity contribution in [3.05, 3.63) is 53.0 Å². The molecule has 0 N–H and O–H groups in total. The lowest BCUT2D eigenvalue weighted by Gasteiger charge is -2.10. The number of nitrogens with zero attached hydrogens (tertiary/aromatic N) is 1. The Bertz CT molecular complexity index is 736. The highest BCUT2D eigenvalue weighted by molar-refractivity contribution is 7.19. The minimum Gasteiger partial charge on any atom is -0.496 e. The van der Waals surface area contributed by atoms with Gasteiger partial charge in [0.15, 0.2) is 4.47 Å². The van der Waals surface area contributed by atoms with E-state index in [1.807, 2.05) is 48.5 Å². The number of methoxy groups -OCH3 is 2. The molecule has 3 nitrogen and oxygen atoms in total. The molecule has 112 valence electrons. The van der Waals surface area contributed by atoms with Crippen molar-refractivity contribution in [1.82, 2.24) is 4.98 Å². The van der Waals surface area contributed by atoms with Gasteiger partial charge < -0.3 is 9.47 Å². The van der Waals surface area contributed by atoms with E-state index >= 15 is 0 Å². The molecule has 22 heavy (non-hydrogen) atoms. The van der Waals surface area contributed by atoms with E-state index in [1.54, 1.807) is 14.2 Å². The second-order valence-corrected chi connectivity index (χ2v) is 6.13. The van der Waals surface area contributed by atoms with E-state index in [0.29, 0.717) is 4.47 Å². The van der Waals surface area contributed by atoms with Gasteiger partial charge in [-0.3, -0.25) is 0 Å². The van der Waals surface area contributed by atoms with E-state index in [-0.39, 0.29) is 0 Å². The molecule has 0 aliphatic rings. The first-order chi connectivity index (χ1) is 10.7. The molecule has 1 heterocycles. The van der Waals surface area contributed by atoms with Gasteiger partial charge in [-0.25, -0.2) is 4.98 Å². The third-order valence-corrected chi connectivity index (χ3v) is 4.51. The molecule has 0 bridgehead atoms. The van der Waals surface area contributed by atoms with Crippen LogP contribution in [0.5, 0.6) is 11.5 Å². The number of hydrogen-bond donors (Lipinski definition) is 0. The van der Waals surface area contributed by atoms with Crippen molar-refractivity contribution in [2.75, 3.05) is 14.2 Å². The highest BCUT2D eigenvalue weighted by Crippen LogP contribution is 2.44. The Labute approximate surface area is 138 Å². The number of aromatic nitrogens is 1. The lowest BCUT2D eigenvalue weighted by atomic mass is 10.1. The summed E-state index contributed by atoms with van der Waals surface area (Å²) in [6.07, 6.45) is 0. The Balaban J connectivity index is 2.23. The molecule has 0 atom stereocenters. The number of para-hydroxylation sites is 2. The molecule has 0 unspecified atom stereocenters. The Morgan fingerprint density at radius 1 is 0.864 bits per heavy atom. The van der Waals surface area contributed by atoms with Gasteiger partial charge in [-0.15, -0.1) is 11.3 Å². The fourth-order valence-electron chi connectivity index (χ4n) is 2.33. The van der Waals surface area contributed by atoms with Gasteiger partial charge in [0, 0.05) is 11.1 Å². The van der Waals surface area contributed by atoms with Gasteiger partial charge in [-0.2, -0.15) is 0 Å². The lowest BCUT2D eigenvalue weighted by molar-refractivity contribution is 0.416. The summed E-state index contributed by atoms with van der Waals surface area (Å²) in [4.78, 5) is 5.45. The van der Waals surface area contributed by atoms with Gasteiger partial charge in [0.2, 0.25) is 0 Å². The van der Waals surface area contributed by atoms with Gasteiger partial charge in [0.05, 0.1) is 24.8 Å². The first-order valence-corrected chi connectivity index (χ1v) is 7.87. The molecular weight excluding hydrogens is 318 g/mol. The summed E-state index contributed by atoms with van der Waals surface area (Å²) in [5.74, 6) is 1.56. The number of hydrogen-bond acceptors (Lipinski definition) is 4. The average Bonchev–Trinajstić information content (AvgIpc) is 2.96. The predicted molar refractivity (Wildman–Crippen MR) is 91.1 cm³/mol. The normalized spacial score (nSPS) is 10.5. The number of thiazole rings is 1. The molecule has 0 aliphatic heterocycles.